The number of nitrogens with zero attached hydrogens (tertiary/aromatic N) is 2. The van der Waals surface area contributed by atoms with E-state index in [0.717, 1.165) is 25.0 Å². The lowest BCUT2D eigenvalue weighted by Crippen LogP contribution is -2.22. The maximum atomic E-state index is 14.0. The van der Waals surface area contributed by atoms with Gasteiger partial charge < -0.3 is 4.57 Å². The molecule has 0 aliphatic rings. The average Bonchev–Trinajstić information content (AvgIpc) is 2.53. The summed E-state index contributed by atoms with van der Waals surface area (Å²) in [6, 6.07) is 7.54. The molecule has 1 aromatic heterocycles. The van der Waals surface area contributed by atoms with Crippen LogP contribution in [0.5, 0.6) is 0 Å². The third-order valence-electron chi connectivity index (χ3n) is 3.42. The van der Waals surface area contributed by atoms with Crippen molar-refractivity contribution in [1.82, 2.24) is 4.57 Å². The summed E-state index contributed by atoms with van der Waals surface area (Å²) in [7, 11) is 0. The van der Waals surface area contributed by atoms with Gasteiger partial charge in [0.15, 0.2) is 0 Å². The Morgan fingerprint density at radius 3 is 2.58 bits per heavy atom. The third kappa shape index (κ3) is 4.10. The van der Waals surface area contributed by atoms with Gasteiger partial charge >= 0.3 is 6.18 Å². The van der Waals surface area contributed by atoms with Crippen molar-refractivity contribution >= 4 is 5.91 Å². The van der Waals surface area contributed by atoms with E-state index >= 15 is 0 Å². The number of pyridine rings is 1. The van der Waals surface area contributed by atoms with Crippen molar-refractivity contribution in [3.63, 3.8) is 0 Å². The predicted octanol–water partition coefficient (Wildman–Crippen LogP) is 4.19. The highest BCUT2D eigenvalue weighted by Crippen LogP contribution is 2.32. The van der Waals surface area contributed by atoms with Gasteiger partial charge in [-0.25, -0.2) is 4.39 Å². The van der Waals surface area contributed by atoms with Crippen LogP contribution in [0.3, 0.4) is 0 Å². The van der Waals surface area contributed by atoms with E-state index in [1.165, 1.54) is 0 Å². The lowest BCUT2D eigenvalue weighted by molar-refractivity contribution is -0.140. The molecular weight excluding hydrogens is 324 g/mol. The highest BCUT2D eigenvalue weighted by atomic mass is 19.4. The van der Waals surface area contributed by atoms with Crippen LogP contribution in [-0.2, 0) is 12.7 Å². The van der Waals surface area contributed by atoms with Gasteiger partial charge in [0.25, 0.3) is 5.91 Å². The van der Waals surface area contributed by atoms with Gasteiger partial charge in [-0.2, -0.15) is 18.2 Å². The van der Waals surface area contributed by atoms with Gasteiger partial charge in [-0.15, -0.1) is 0 Å². The van der Waals surface area contributed by atoms with E-state index in [1.54, 1.807) is 29.0 Å². The van der Waals surface area contributed by atoms with E-state index in [1.807, 2.05) is 6.92 Å². The fourth-order valence-corrected chi connectivity index (χ4v) is 2.17. The summed E-state index contributed by atoms with van der Waals surface area (Å²) in [6.45, 7) is 2.61. The predicted molar refractivity (Wildman–Crippen MR) is 80.6 cm³/mol. The molecule has 0 spiro atoms. The van der Waals surface area contributed by atoms with Gasteiger partial charge in [0.2, 0.25) is 0 Å². The Kier molecular flexibility index (Phi) is 5.54. The van der Waals surface area contributed by atoms with Crippen molar-refractivity contribution in [3.8, 4) is 0 Å². The summed E-state index contributed by atoms with van der Waals surface area (Å²) < 4.78 is 53.9. The van der Waals surface area contributed by atoms with Crippen molar-refractivity contribution in [3.05, 3.63) is 65.0 Å². The van der Waals surface area contributed by atoms with E-state index in [9.17, 15) is 22.4 Å². The smallest absolute Gasteiger partial charge is 0.333 e. The molecule has 1 amide bonds. The van der Waals surface area contributed by atoms with Crippen LogP contribution in [0.1, 0.15) is 35.7 Å². The van der Waals surface area contributed by atoms with Crippen molar-refractivity contribution in [2.75, 3.05) is 0 Å². The van der Waals surface area contributed by atoms with Crippen LogP contribution < -0.4 is 5.49 Å². The second-order valence-corrected chi connectivity index (χ2v) is 5.19. The zero-order valence-corrected chi connectivity index (χ0v) is 13.0. The fourth-order valence-electron chi connectivity index (χ4n) is 2.17. The summed E-state index contributed by atoms with van der Waals surface area (Å²) in [6.07, 6.45) is -1.38. The van der Waals surface area contributed by atoms with E-state index in [2.05, 4.69) is 4.99 Å². The molecule has 0 bridgehead atoms. The first-order valence-electron chi connectivity index (χ1n) is 7.45. The lowest BCUT2D eigenvalue weighted by Gasteiger charge is -2.09. The second-order valence-electron chi connectivity index (χ2n) is 5.19. The maximum absolute atomic E-state index is 14.0. The highest BCUT2D eigenvalue weighted by Gasteiger charge is 2.35. The number of benzene rings is 1. The molecule has 0 unspecified atom stereocenters. The molecule has 0 atom stereocenters. The van der Waals surface area contributed by atoms with Crippen LogP contribution in [0.15, 0.2) is 47.6 Å². The molecule has 128 valence electrons. The van der Waals surface area contributed by atoms with Crippen molar-refractivity contribution in [2.45, 2.75) is 32.5 Å². The van der Waals surface area contributed by atoms with Crippen molar-refractivity contribution in [2.24, 2.45) is 4.99 Å². The van der Waals surface area contributed by atoms with E-state index in [4.69, 9.17) is 0 Å². The van der Waals surface area contributed by atoms with Gasteiger partial charge in [0.1, 0.15) is 11.3 Å². The molecule has 0 N–H and O–H groups in total. The minimum atomic E-state index is -4.87. The topological polar surface area (TPSA) is 34.4 Å². The molecule has 24 heavy (non-hydrogen) atoms. The monoisotopic (exact) mass is 340 g/mol. The number of aromatic nitrogens is 1. The number of hydrogen-bond acceptors (Lipinski definition) is 1. The maximum Gasteiger partial charge on any atom is 0.419 e. The number of halogens is 4. The Morgan fingerprint density at radius 1 is 1.17 bits per heavy atom. The molecule has 0 saturated heterocycles. The number of amides is 1. The van der Waals surface area contributed by atoms with Crippen LogP contribution in [0.25, 0.3) is 0 Å². The Balaban J connectivity index is 2.44. The lowest BCUT2D eigenvalue weighted by atomic mass is 10.1. The number of rotatable bonds is 4. The summed E-state index contributed by atoms with van der Waals surface area (Å²) in [5.41, 5.74) is -1.90. The van der Waals surface area contributed by atoms with Crippen LogP contribution in [0, 0.1) is 5.82 Å². The van der Waals surface area contributed by atoms with Crippen LogP contribution >= 0.6 is 0 Å². The molecule has 1 aromatic carbocycles. The molecule has 0 saturated carbocycles. The van der Waals surface area contributed by atoms with Crippen molar-refractivity contribution < 1.29 is 22.4 Å². The highest BCUT2D eigenvalue weighted by molar-refractivity contribution is 5.95. The minimum Gasteiger partial charge on any atom is -0.333 e. The number of carbonyl (C=O) groups is 1. The van der Waals surface area contributed by atoms with E-state index in [0.29, 0.717) is 12.6 Å². The van der Waals surface area contributed by atoms with Gasteiger partial charge in [-0.3, -0.25) is 4.79 Å². The van der Waals surface area contributed by atoms with Gasteiger partial charge in [0.05, 0.1) is 11.1 Å². The number of carbonyl (C=O) groups excluding carboxylic acids is 1. The number of hydrogen-bond donors (Lipinski definition) is 0. The van der Waals surface area contributed by atoms with Gasteiger partial charge in [0, 0.05) is 12.7 Å². The molecule has 3 nitrogen and oxygen atoms in total. The fraction of sp³-hybridized carbons (Fsp3) is 0.294. The second kappa shape index (κ2) is 7.42. The molecule has 0 aliphatic carbocycles. The Hall–Kier alpha value is -2.44. The Morgan fingerprint density at radius 2 is 1.92 bits per heavy atom. The first-order valence-corrected chi connectivity index (χ1v) is 7.45. The zero-order valence-electron chi connectivity index (χ0n) is 13.0. The standard InChI is InChI=1S/C17H16F4N2O/c1-2-3-10-23-11-5-4-9-14(23)22-16(24)12-7-6-8-13(15(12)18)17(19,20)21/h4-9,11H,2-3,10H2,1H3/b22-14+. The summed E-state index contributed by atoms with van der Waals surface area (Å²) in [4.78, 5) is 15.9. The normalized spacial score (nSPS) is 12.5. The number of aryl methyl sites for hydroxylation is 1. The molecule has 1 heterocycles. The van der Waals surface area contributed by atoms with Crippen LogP contribution in [0.4, 0.5) is 17.6 Å². The minimum absolute atomic E-state index is 0.271. The average molecular weight is 340 g/mol. The quantitative estimate of drug-likeness (QED) is 0.769. The molecule has 2 rings (SSSR count). The van der Waals surface area contributed by atoms with E-state index < -0.39 is 29.0 Å². The molecule has 2 aromatic rings. The SMILES string of the molecule is CCCCn1cccc/c1=N\C(=O)c1cccc(C(F)(F)F)c1F. The van der Waals surface area contributed by atoms with Crippen LogP contribution in [-0.4, -0.2) is 10.5 Å². The first-order chi connectivity index (χ1) is 11.3. The van der Waals surface area contributed by atoms with E-state index in [-0.39, 0.29) is 5.49 Å². The van der Waals surface area contributed by atoms with Crippen LogP contribution in [0.2, 0.25) is 0 Å². The summed E-state index contributed by atoms with van der Waals surface area (Å²) in [5, 5.41) is 0. The Bertz CT molecular complexity index is 794. The number of alkyl halides is 3. The third-order valence-corrected chi connectivity index (χ3v) is 3.42. The molecular formula is C17H16F4N2O. The summed E-state index contributed by atoms with van der Waals surface area (Å²) in [5.74, 6) is -2.65. The molecule has 0 aliphatic heterocycles. The first kappa shape index (κ1) is 17.9. The molecule has 7 heteroatoms. The summed E-state index contributed by atoms with van der Waals surface area (Å²) >= 11 is 0. The number of unbranched alkanes of at least 4 members (excludes halogenated alkanes) is 1. The Labute approximate surface area is 136 Å². The van der Waals surface area contributed by atoms with Gasteiger partial charge in [-0.1, -0.05) is 25.5 Å². The van der Waals surface area contributed by atoms with Crippen molar-refractivity contribution in [1.29, 1.82) is 0 Å². The molecule has 0 fully saturated rings. The zero-order chi connectivity index (χ0) is 17.7. The largest absolute Gasteiger partial charge is 0.419 e. The molecule has 0 radical (unpaired) electrons. The van der Waals surface area contributed by atoms with Gasteiger partial charge in [-0.05, 0) is 30.7 Å².